The van der Waals surface area contributed by atoms with Crippen molar-refractivity contribution < 1.29 is 23.0 Å². The first-order valence-electron chi connectivity index (χ1n) is 10.5. The number of nitrogens with zero attached hydrogens (tertiary/aromatic N) is 1. The van der Waals surface area contributed by atoms with Crippen molar-refractivity contribution in [3.8, 4) is 11.5 Å². The molecule has 0 bridgehead atoms. The molecule has 2 N–H and O–H groups in total. The van der Waals surface area contributed by atoms with Crippen LogP contribution in [0.5, 0.6) is 11.5 Å². The molecule has 8 heteroatoms. The van der Waals surface area contributed by atoms with Crippen molar-refractivity contribution in [2.45, 2.75) is 13.0 Å². The maximum Gasteiger partial charge on any atom is 0.322 e. The first kappa shape index (κ1) is 20.8. The van der Waals surface area contributed by atoms with E-state index in [2.05, 4.69) is 10.3 Å². The number of aromatic nitrogens is 1. The Morgan fingerprint density at radius 2 is 1.88 bits per heavy atom. The number of para-hydroxylation sites is 1. The molecule has 0 saturated carbocycles. The lowest BCUT2D eigenvalue weighted by molar-refractivity contribution is 0.174. The molecular weight excluding hydrogens is 428 g/mol. The van der Waals surface area contributed by atoms with Crippen molar-refractivity contribution in [3.63, 3.8) is 0 Å². The molecule has 0 aliphatic carbocycles. The lowest BCUT2D eigenvalue weighted by Crippen LogP contribution is -2.36. The van der Waals surface area contributed by atoms with Crippen LogP contribution in [-0.4, -0.2) is 29.3 Å². The smallest absolute Gasteiger partial charge is 0.322 e. The highest BCUT2D eigenvalue weighted by molar-refractivity contribution is 5.89. The van der Waals surface area contributed by atoms with E-state index in [-0.39, 0.29) is 19.0 Å². The molecule has 0 fully saturated rings. The van der Waals surface area contributed by atoms with E-state index >= 15 is 0 Å². The SMILES string of the molecule is O=C(Nc1ccc(F)cc1F)N(CCc1c[nH]c2ccccc12)Cc1ccc2c(c1)OCO2. The normalized spacial score (nSPS) is 12.2. The van der Waals surface area contributed by atoms with E-state index in [0.29, 0.717) is 24.5 Å². The number of rotatable bonds is 6. The topological polar surface area (TPSA) is 66.6 Å². The van der Waals surface area contributed by atoms with Crippen molar-refractivity contribution in [1.29, 1.82) is 0 Å². The predicted molar refractivity (Wildman–Crippen MR) is 120 cm³/mol. The number of anilines is 1. The highest BCUT2D eigenvalue weighted by atomic mass is 19.1. The number of hydrogen-bond acceptors (Lipinski definition) is 3. The zero-order valence-electron chi connectivity index (χ0n) is 17.6. The monoisotopic (exact) mass is 449 g/mol. The Morgan fingerprint density at radius 1 is 1.03 bits per heavy atom. The second-order valence-electron chi connectivity index (χ2n) is 7.77. The third-order valence-electron chi connectivity index (χ3n) is 5.60. The summed E-state index contributed by atoms with van der Waals surface area (Å²) >= 11 is 0. The van der Waals surface area contributed by atoms with Crippen LogP contribution < -0.4 is 14.8 Å². The Kier molecular flexibility index (Phi) is 5.56. The van der Waals surface area contributed by atoms with E-state index in [1.54, 1.807) is 11.0 Å². The van der Waals surface area contributed by atoms with Crippen molar-refractivity contribution in [3.05, 3.63) is 89.6 Å². The molecule has 2 amide bonds. The largest absolute Gasteiger partial charge is 0.454 e. The molecule has 0 spiro atoms. The molecule has 0 radical (unpaired) electrons. The third kappa shape index (κ3) is 4.45. The maximum atomic E-state index is 14.1. The number of H-pyrrole nitrogens is 1. The molecule has 0 unspecified atom stereocenters. The molecule has 168 valence electrons. The van der Waals surface area contributed by atoms with Crippen molar-refractivity contribution in [1.82, 2.24) is 9.88 Å². The molecule has 5 rings (SSSR count). The van der Waals surface area contributed by atoms with Crippen LogP contribution in [0.15, 0.2) is 66.9 Å². The quantitative estimate of drug-likeness (QED) is 0.411. The molecular formula is C25H21F2N3O3. The van der Waals surface area contributed by atoms with Crippen LogP contribution in [0.25, 0.3) is 10.9 Å². The van der Waals surface area contributed by atoms with Crippen LogP contribution in [0.3, 0.4) is 0 Å². The third-order valence-corrected chi connectivity index (χ3v) is 5.60. The van der Waals surface area contributed by atoms with Crippen molar-refractivity contribution in [2.24, 2.45) is 0 Å². The van der Waals surface area contributed by atoms with Gasteiger partial charge in [0, 0.05) is 36.3 Å². The van der Waals surface area contributed by atoms with E-state index < -0.39 is 17.7 Å². The highest BCUT2D eigenvalue weighted by Gasteiger charge is 2.19. The zero-order valence-corrected chi connectivity index (χ0v) is 17.6. The number of carbonyl (C=O) groups excluding carboxylic acids is 1. The van der Waals surface area contributed by atoms with Gasteiger partial charge in [0.2, 0.25) is 6.79 Å². The van der Waals surface area contributed by atoms with Gasteiger partial charge in [-0.2, -0.15) is 0 Å². The van der Waals surface area contributed by atoms with Gasteiger partial charge in [-0.05, 0) is 47.9 Å². The van der Waals surface area contributed by atoms with Crippen LogP contribution >= 0.6 is 0 Å². The summed E-state index contributed by atoms with van der Waals surface area (Å²) in [4.78, 5) is 17.9. The number of carbonyl (C=O) groups is 1. The molecule has 4 aromatic rings. The molecule has 6 nitrogen and oxygen atoms in total. The van der Waals surface area contributed by atoms with Gasteiger partial charge in [-0.15, -0.1) is 0 Å². The standard InChI is InChI=1S/C25H21F2N3O3/c26-18-6-7-22(20(27)12-18)29-25(31)30(14-16-5-8-23-24(11-16)33-15-32-23)10-9-17-13-28-21-4-2-1-3-19(17)21/h1-8,11-13,28H,9-10,14-15H2,(H,29,31). The minimum Gasteiger partial charge on any atom is -0.454 e. The van der Waals surface area contributed by atoms with E-state index in [4.69, 9.17) is 9.47 Å². The fourth-order valence-corrected chi connectivity index (χ4v) is 3.89. The van der Waals surface area contributed by atoms with Gasteiger partial charge >= 0.3 is 6.03 Å². The highest BCUT2D eigenvalue weighted by Crippen LogP contribution is 2.33. The van der Waals surface area contributed by atoms with Gasteiger partial charge in [0.05, 0.1) is 5.69 Å². The summed E-state index contributed by atoms with van der Waals surface area (Å²) < 4.78 is 38.2. The Balaban J connectivity index is 1.37. The lowest BCUT2D eigenvalue weighted by Gasteiger charge is -2.23. The number of ether oxygens (including phenoxy) is 2. The number of nitrogens with one attached hydrogen (secondary N) is 2. The second kappa shape index (κ2) is 8.82. The Bertz CT molecular complexity index is 1320. The maximum absolute atomic E-state index is 14.1. The summed E-state index contributed by atoms with van der Waals surface area (Å²) in [6.07, 6.45) is 2.52. The van der Waals surface area contributed by atoms with Gasteiger partial charge in [0.25, 0.3) is 0 Å². The summed E-state index contributed by atoms with van der Waals surface area (Å²) in [5, 5.41) is 3.65. The van der Waals surface area contributed by atoms with Gasteiger partial charge in [0.1, 0.15) is 11.6 Å². The lowest BCUT2D eigenvalue weighted by atomic mass is 10.1. The molecule has 1 aromatic heterocycles. The number of halogens is 2. The number of benzene rings is 3. The fourth-order valence-electron chi connectivity index (χ4n) is 3.89. The van der Waals surface area contributed by atoms with Crippen LogP contribution in [-0.2, 0) is 13.0 Å². The van der Waals surface area contributed by atoms with Crippen LogP contribution in [0, 0.1) is 11.6 Å². The Labute approximate surface area is 188 Å². The number of aromatic amines is 1. The van der Waals surface area contributed by atoms with Gasteiger partial charge in [-0.3, -0.25) is 0 Å². The van der Waals surface area contributed by atoms with E-state index in [9.17, 15) is 13.6 Å². The van der Waals surface area contributed by atoms with Crippen molar-refractivity contribution >= 4 is 22.6 Å². The van der Waals surface area contributed by atoms with Gasteiger partial charge in [-0.1, -0.05) is 24.3 Å². The van der Waals surface area contributed by atoms with E-state index in [0.717, 1.165) is 34.2 Å². The number of hydrogen-bond donors (Lipinski definition) is 2. The number of urea groups is 1. The molecule has 0 atom stereocenters. The molecule has 2 heterocycles. The van der Waals surface area contributed by atoms with Gasteiger partial charge < -0.3 is 24.7 Å². The molecule has 33 heavy (non-hydrogen) atoms. The first-order valence-corrected chi connectivity index (χ1v) is 10.5. The van der Waals surface area contributed by atoms with E-state index in [1.165, 1.54) is 6.07 Å². The molecule has 3 aromatic carbocycles. The Hall–Kier alpha value is -4.07. The van der Waals surface area contributed by atoms with E-state index in [1.807, 2.05) is 42.6 Å². The summed E-state index contributed by atoms with van der Waals surface area (Å²) in [6.45, 7) is 0.811. The van der Waals surface area contributed by atoms with Crippen LogP contribution in [0.1, 0.15) is 11.1 Å². The minimum atomic E-state index is -0.831. The average Bonchev–Trinajstić information content (AvgIpc) is 3.45. The fraction of sp³-hybridized carbons (Fsp3) is 0.160. The average molecular weight is 449 g/mol. The zero-order chi connectivity index (χ0) is 22.8. The summed E-state index contributed by atoms with van der Waals surface area (Å²) in [6, 6.07) is 16.0. The molecule has 0 saturated heterocycles. The first-order chi connectivity index (χ1) is 16.1. The van der Waals surface area contributed by atoms with Gasteiger partial charge in [-0.25, -0.2) is 13.6 Å². The Morgan fingerprint density at radius 3 is 2.76 bits per heavy atom. The minimum absolute atomic E-state index is 0.0795. The summed E-state index contributed by atoms with van der Waals surface area (Å²) in [5.74, 6) is -0.263. The van der Waals surface area contributed by atoms with Crippen LogP contribution in [0.4, 0.5) is 19.3 Å². The van der Waals surface area contributed by atoms with Crippen LogP contribution in [0.2, 0.25) is 0 Å². The predicted octanol–water partition coefficient (Wildman–Crippen LogP) is 5.45. The summed E-state index contributed by atoms with van der Waals surface area (Å²) in [7, 11) is 0. The number of fused-ring (bicyclic) bond motifs is 2. The van der Waals surface area contributed by atoms with Crippen molar-refractivity contribution in [2.75, 3.05) is 18.7 Å². The summed E-state index contributed by atoms with van der Waals surface area (Å²) in [5.41, 5.74) is 2.85. The van der Waals surface area contributed by atoms with Gasteiger partial charge in [0.15, 0.2) is 11.5 Å². The molecule has 1 aliphatic rings. The second-order valence-corrected chi connectivity index (χ2v) is 7.77. The number of amides is 2. The molecule has 1 aliphatic heterocycles.